The lowest BCUT2D eigenvalue weighted by molar-refractivity contribution is -0.142. The number of amides is 2. The quantitative estimate of drug-likeness (QED) is 0.389. The average molecular weight is 558 g/mol. The topological polar surface area (TPSA) is 58.6 Å². The van der Waals surface area contributed by atoms with Gasteiger partial charge < -0.3 is 15.0 Å². The first-order chi connectivity index (χ1) is 15.4. The van der Waals surface area contributed by atoms with Crippen LogP contribution in [0.3, 0.4) is 0 Å². The molecule has 180 valence electrons. The molecule has 0 aliphatic carbocycles. The van der Waals surface area contributed by atoms with Crippen LogP contribution in [0.1, 0.15) is 52.2 Å². The largest absolute Gasteiger partial charge is 0.483 e. The predicted octanol–water partition coefficient (Wildman–Crippen LogP) is 6.38. The van der Waals surface area contributed by atoms with E-state index in [9.17, 15) is 9.59 Å². The molecule has 0 aliphatic rings. The summed E-state index contributed by atoms with van der Waals surface area (Å²) in [6.07, 6.45) is 0.803. The van der Waals surface area contributed by atoms with Gasteiger partial charge >= 0.3 is 0 Å². The molecule has 5 nitrogen and oxygen atoms in total. The molecule has 2 rings (SSSR count). The van der Waals surface area contributed by atoms with Crippen molar-refractivity contribution in [2.24, 2.45) is 0 Å². The minimum Gasteiger partial charge on any atom is -0.483 e. The van der Waals surface area contributed by atoms with E-state index in [0.717, 1.165) is 16.5 Å². The van der Waals surface area contributed by atoms with Gasteiger partial charge in [-0.05, 0) is 70.1 Å². The van der Waals surface area contributed by atoms with Crippen molar-refractivity contribution in [3.63, 3.8) is 0 Å². The minimum atomic E-state index is -0.703. The van der Waals surface area contributed by atoms with Gasteiger partial charge in [0.15, 0.2) is 6.61 Å². The van der Waals surface area contributed by atoms with Gasteiger partial charge in [-0.1, -0.05) is 63.0 Å². The number of ether oxygens (including phenoxy) is 1. The third-order valence-corrected chi connectivity index (χ3v) is 6.43. The lowest BCUT2D eigenvalue weighted by Gasteiger charge is -2.29. The van der Waals surface area contributed by atoms with Crippen LogP contribution in [0.25, 0.3) is 0 Å². The van der Waals surface area contributed by atoms with E-state index in [4.69, 9.17) is 27.9 Å². The van der Waals surface area contributed by atoms with Crippen molar-refractivity contribution in [1.29, 1.82) is 0 Å². The van der Waals surface area contributed by atoms with Crippen molar-refractivity contribution in [3.05, 3.63) is 62.0 Å². The number of nitrogens with one attached hydrogen (secondary N) is 1. The highest BCUT2D eigenvalue weighted by atomic mass is 79.9. The Morgan fingerprint density at radius 1 is 1.15 bits per heavy atom. The fourth-order valence-electron chi connectivity index (χ4n) is 3.12. The number of carbonyl (C=O) groups excluding carboxylic acids is 2. The summed E-state index contributed by atoms with van der Waals surface area (Å²) < 4.78 is 6.59. The van der Waals surface area contributed by atoms with E-state index in [0.29, 0.717) is 27.9 Å². The molecule has 33 heavy (non-hydrogen) atoms. The second-order valence-corrected chi connectivity index (χ2v) is 10.6. The van der Waals surface area contributed by atoms with Gasteiger partial charge in [-0.15, -0.1) is 0 Å². The molecule has 2 amide bonds. The maximum absolute atomic E-state index is 13.2. The van der Waals surface area contributed by atoms with Crippen molar-refractivity contribution < 1.29 is 14.3 Å². The molecule has 0 radical (unpaired) electrons. The third kappa shape index (κ3) is 7.90. The summed E-state index contributed by atoms with van der Waals surface area (Å²) in [5.74, 6) is 0.00173. The highest BCUT2D eigenvalue weighted by molar-refractivity contribution is 9.10. The zero-order valence-corrected chi connectivity index (χ0v) is 22.8. The average Bonchev–Trinajstić information content (AvgIpc) is 2.74. The normalized spacial score (nSPS) is 12.2. The molecule has 0 saturated carbocycles. The maximum atomic E-state index is 13.2. The molecule has 0 aliphatic heterocycles. The van der Waals surface area contributed by atoms with Crippen molar-refractivity contribution in [2.45, 2.75) is 59.0 Å². The summed E-state index contributed by atoms with van der Waals surface area (Å²) in [7, 11) is 0. The van der Waals surface area contributed by atoms with Gasteiger partial charge in [0, 0.05) is 23.1 Å². The van der Waals surface area contributed by atoms with Crippen LogP contribution in [0.15, 0.2) is 40.9 Å². The van der Waals surface area contributed by atoms with Crippen LogP contribution in [0, 0.1) is 0 Å². The number of hydrogen-bond donors (Lipinski definition) is 1. The van der Waals surface area contributed by atoms with Crippen molar-refractivity contribution in [1.82, 2.24) is 10.2 Å². The van der Waals surface area contributed by atoms with Crippen LogP contribution in [-0.4, -0.2) is 35.9 Å². The van der Waals surface area contributed by atoms with E-state index in [1.165, 1.54) is 4.90 Å². The van der Waals surface area contributed by atoms with Crippen LogP contribution in [0.5, 0.6) is 5.75 Å². The Labute approximate surface area is 214 Å². The van der Waals surface area contributed by atoms with Crippen LogP contribution in [0.2, 0.25) is 10.0 Å². The van der Waals surface area contributed by atoms with Gasteiger partial charge in [0.2, 0.25) is 5.91 Å². The maximum Gasteiger partial charge on any atom is 0.261 e. The highest BCUT2D eigenvalue weighted by Crippen LogP contribution is 2.31. The number of carbonyl (C=O) groups is 2. The van der Waals surface area contributed by atoms with E-state index in [2.05, 4.69) is 42.0 Å². The first kappa shape index (κ1) is 27.5. The van der Waals surface area contributed by atoms with E-state index in [-0.39, 0.29) is 30.4 Å². The molecule has 0 heterocycles. The summed E-state index contributed by atoms with van der Waals surface area (Å²) in [6.45, 7) is 10.5. The minimum absolute atomic E-state index is 0.00714. The molecule has 0 saturated heterocycles. The van der Waals surface area contributed by atoms with Gasteiger partial charge in [-0.2, -0.15) is 0 Å². The molecule has 8 heteroatoms. The molecule has 1 unspecified atom stereocenters. The molecule has 1 atom stereocenters. The monoisotopic (exact) mass is 556 g/mol. The van der Waals surface area contributed by atoms with Gasteiger partial charge in [0.1, 0.15) is 11.8 Å². The van der Waals surface area contributed by atoms with E-state index < -0.39 is 6.04 Å². The first-order valence-corrected chi connectivity index (χ1v) is 12.4. The Bertz CT molecular complexity index is 992. The molecule has 0 spiro atoms. The number of hydrogen-bond acceptors (Lipinski definition) is 3. The van der Waals surface area contributed by atoms with E-state index >= 15 is 0 Å². The third-order valence-electron chi connectivity index (χ3n) is 5.22. The van der Waals surface area contributed by atoms with Gasteiger partial charge in [0.05, 0.1) is 4.47 Å². The predicted molar refractivity (Wildman–Crippen MR) is 138 cm³/mol. The molecule has 0 aromatic heterocycles. The van der Waals surface area contributed by atoms with Crippen LogP contribution >= 0.6 is 39.1 Å². The molecule has 1 N–H and O–H groups in total. The zero-order chi connectivity index (χ0) is 24.8. The van der Waals surface area contributed by atoms with Crippen molar-refractivity contribution in [3.8, 4) is 5.75 Å². The van der Waals surface area contributed by atoms with Crippen LogP contribution < -0.4 is 10.1 Å². The number of benzene rings is 2. The second kappa shape index (κ2) is 12.1. The number of halogens is 3. The lowest BCUT2D eigenvalue weighted by atomic mass is 9.87. The van der Waals surface area contributed by atoms with Gasteiger partial charge in [-0.25, -0.2) is 0 Å². The summed E-state index contributed by atoms with van der Waals surface area (Å²) in [4.78, 5) is 27.3. The standard InChI is InChI=1S/C25H31BrCl2N2O3/c1-6-11-29-24(32)16(2)30(14-17-7-9-19(27)13-21(17)28)23(31)15-33-22-10-8-18(12-20(22)26)25(3,4)5/h7-10,12-13,16H,6,11,14-15H2,1-5H3,(H,29,32). The second-order valence-electron chi connectivity index (χ2n) is 8.91. The van der Waals surface area contributed by atoms with E-state index in [1.54, 1.807) is 25.1 Å². The molecule has 0 bridgehead atoms. The Hall–Kier alpha value is -1.76. The molecule has 2 aromatic rings. The Morgan fingerprint density at radius 2 is 1.85 bits per heavy atom. The summed E-state index contributed by atoms with van der Waals surface area (Å²) in [6, 6.07) is 10.2. The summed E-state index contributed by atoms with van der Waals surface area (Å²) in [5.41, 5.74) is 1.83. The van der Waals surface area contributed by atoms with Gasteiger partial charge in [0.25, 0.3) is 5.91 Å². The SMILES string of the molecule is CCCNC(=O)C(C)N(Cc1ccc(Cl)cc1Cl)C(=O)COc1ccc(C(C)(C)C)cc1Br. The molecular formula is C25H31BrCl2N2O3. The van der Waals surface area contributed by atoms with Gasteiger partial charge in [-0.3, -0.25) is 9.59 Å². The first-order valence-electron chi connectivity index (χ1n) is 10.9. The fourth-order valence-corrected chi connectivity index (χ4v) is 4.08. The lowest BCUT2D eigenvalue weighted by Crippen LogP contribution is -2.49. The Kier molecular flexibility index (Phi) is 10.1. The van der Waals surface area contributed by atoms with E-state index in [1.807, 2.05) is 25.1 Å². The highest BCUT2D eigenvalue weighted by Gasteiger charge is 2.27. The van der Waals surface area contributed by atoms with Crippen LogP contribution in [-0.2, 0) is 21.5 Å². The smallest absolute Gasteiger partial charge is 0.261 e. The fraction of sp³-hybridized carbons (Fsp3) is 0.440. The van der Waals surface area contributed by atoms with Crippen molar-refractivity contribution >= 4 is 50.9 Å². The van der Waals surface area contributed by atoms with Crippen molar-refractivity contribution in [2.75, 3.05) is 13.2 Å². The Balaban J connectivity index is 2.21. The molecule has 0 fully saturated rings. The summed E-state index contributed by atoms with van der Waals surface area (Å²) >= 11 is 15.9. The zero-order valence-electron chi connectivity index (χ0n) is 19.7. The van der Waals surface area contributed by atoms with Crippen LogP contribution in [0.4, 0.5) is 0 Å². The molecular weight excluding hydrogens is 527 g/mol. The summed E-state index contributed by atoms with van der Waals surface area (Å²) in [5, 5.41) is 3.78. The Morgan fingerprint density at radius 3 is 2.42 bits per heavy atom. The molecule has 2 aromatic carbocycles. The number of nitrogens with zero attached hydrogens (tertiary/aromatic N) is 1. The number of rotatable bonds is 9.